The highest BCUT2D eigenvalue weighted by Crippen LogP contribution is 2.37. The molecule has 0 fully saturated rings. The van der Waals surface area contributed by atoms with E-state index in [0.29, 0.717) is 0 Å². The van der Waals surface area contributed by atoms with Gasteiger partial charge in [0.05, 0.1) is 0 Å². The lowest BCUT2D eigenvalue weighted by atomic mass is 9.78. The maximum absolute atomic E-state index is 14.8. The van der Waals surface area contributed by atoms with Crippen LogP contribution < -0.4 is 45.1 Å². The second kappa shape index (κ2) is 14.8. The van der Waals surface area contributed by atoms with Crippen LogP contribution in [0.3, 0.4) is 0 Å². The monoisotopic (exact) mass is 610 g/mol. The van der Waals surface area contributed by atoms with E-state index in [2.05, 4.69) is 21.7 Å². The van der Waals surface area contributed by atoms with Gasteiger partial charge in [-0.15, -0.1) is 0 Å². The molecule has 13 nitrogen and oxygen atoms in total. The zero-order chi connectivity index (χ0) is 32.5. The van der Waals surface area contributed by atoms with E-state index in [-0.39, 0.29) is 22.3 Å². The molecule has 0 bridgehead atoms. The van der Waals surface area contributed by atoms with E-state index in [1.54, 1.807) is 72.8 Å². The number of Topliss-reactive ketones (excluding diaryl/α,β-unsaturated/α-hetero) is 4. The summed E-state index contributed by atoms with van der Waals surface area (Å²) in [5.74, 6) is 19.7. The molecule has 0 aliphatic heterocycles. The Bertz CT molecular complexity index is 1380. The number of hydrazine groups is 4. The molecule has 0 saturated heterocycles. The van der Waals surface area contributed by atoms with Crippen LogP contribution in [0.15, 0.2) is 121 Å². The van der Waals surface area contributed by atoms with Crippen molar-refractivity contribution in [3.05, 3.63) is 144 Å². The van der Waals surface area contributed by atoms with Crippen molar-refractivity contribution in [2.75, 3.05) is 0 Å². The molecule has 0 atom stereocenters. The average molecular weight is 611 g/mol. The summed E-state index contributed by atoms with van der Waals surface area (Å²) in [5.41, 5.74) is 3.47. The predicted molar refractivity (Wildman–Crippen MR) is 167 cm³/mol. The third-order valence-corrected chi connectivity index (χ3v) is 7.29. The summed E-state index contributed by atoms with van der Waals surface area (Å²) in [7, 11) is 0. The minimum absolute atomic E-state index is 0.0246. The summed E-state index contributed by atoms with van der Waals surface area (Å²) in [4.78, 5) is 59.1. The van der Waals surface area contributed by atoms with Crippen LogP contribution in [0.4, 0.5) is 0 Å². The molecule has 0 aromatic heterocycles. The van der Waals surface area contributed by atoms with Crippen LogP contribution in [-0.2, 0) is 4.74 Å². The Morgan fingerprint density at radius 2 is 0.622 bits per heavy atom. The van der Waals surface area contributed by atoms with Crippen molar-refractivity contribution in [1.82, 2.24) is 21.7 Å². The Morgan fingerprint density at radius 3 is 0.800 bits per heavy atom. The molecular formula is C32H34N8O5. The van der Waals surface area contributed by atoms with Crippen molar-refractivity contribution in [2.45, 2.75) is 23.5 Å². The fraction of sp³-hybridized carbons (Fsp3) is 0.125. The zero-order valence-corrected chi connectivity index (χ0v) is 24.1. The smallest absolute Gasteiger partial charge is 0.226 e. The van der Waals surface area contributed by atoms with Crippen LogP contribution in [0.25, 0.3) is 0 Å². The molecule has 12 N–H and O–H groups in total. The number of ketones is 4. The summed E-state index contributed by atoms with van der Waals surface area (Å²) in [5, 5.41) is 0. The highest BCUT2D eigenvalue weighted by molar-refractivity contribution is 6.27. The number of ether oxygens (including phenoxy) is 1. The highest BCUT2D eigenvalue weighted by atomic mass is 16.5. The van der Waals surface area contributed by atoms with Crippen molar-refractivity contribution >= 4 is 23.1 Å². The van der Waals surface area contributed by atoms with Gasteiger partial charge in [0, 0.05) is 22.3 Å². The maximum atomic E-state index is 14.8. The number of benzene rings is 4. The van der Waals surface area contributed by atoms with Gasteiger partial charge in [-0.25, -0.2) is 21.7 Å². The summed E-state index contributed by atoms with van der Waals surface area (Å²) >= 11 is 0. The lowest BCUT2D eigenvalue weighted by Gasteiger charge is -2.46. The summed E-state index contributed by atoms with van der Waals surface area (Å²) in [6.45, 7) is 0. The molecule has 0 heterocycles. The van der Waals surface area contributed by atoms with Gasteiger partial charge in [0.2, 0.25) is 34.3 Å². The van der Waals surface area contributed by atoms with Gasteiger partial charge in [0.15, 0.2) is 0 Å². The first kappa shape index (κ1) is 33.1. The lowest BCUT2D eigenvalue weighted by Crippen LogP contribution is -2.78. The van der Waals surface area contributed by atoms with Crippen LogP contribution in [0.2, 0.25) is 0 Å². The van der Waals surface area contributed by atoms with Gasteiger partial charge >= 0.3 is 0 Å². The molecule has 0 unspecified atom stereocenters. The van der Waals surface area contributed by atoms with Gasteiger partial charge < -0.3 is 4.74 Å². The van der Waals surface area contributed by atoms with Gasteiger partial charge in [0.1, 0.15) is 12.3 Å². The fourth-order valence-corrected chi connectivity index (χ4v) is 5.07. The Morgan fingerprint density at radius 1 is 0.422 bits per heavy atom. The van der Waals surface area contributed by atoms with Crippen molar-refractivity contribution in [3.8, 4) is 0 Å². The minimum atomic E-state index is -2.85. The summed E-state index contributed by atoms with van der Waals surface area (Å²) < 4.78 is 6.61. The van der Waals surface area contributed by atoms with Crippen molar-refractivity contribution < 1.29 is 23.9 Å². The van der Waals surface area contributed by atoms with Crippen molar-refractivity contribution in [3.63, 3.8) is 0 Å². The Labute approximate surface area is 259 Å². The van der Waals surface area contributed by atoms with E-state index in [0.717, 1.165) is 0 Å². The quantitative estimate of drug-likeness (QED) is 0.0285. The van der Waals surface area contributed by atoms with Crippen LogP contribution in [0.1, 0.15) is 41.4 Å². The number of hydrogen-bond acceptors (Lipinski definition) is 13. The number of carbonyl (C=O) groups is 4. The number of rotatable bonds is 16. The molecule has 13 heteroatoms. The van der Waals surface area contributed by atoms with Gasteiger partial charge in [-0.3, -0.25) is 42.5 Å². The van der Waals surface area contributed by atoms with E-state index in [1.807, 2.05) is 0 Å². The molecule has 232 valence electrons. The highest BCUT2D eigenvalue weighted by Gasteiger charge is 2.64. The van der Waals surface area contributed by atoms with Crippen LogP contribution >= 0.6 is 0 Å². The van der Waals surface area contributed by atoms with E-state index in [1.165, 1.54) is 48.5 Å². The molecule has 45 heavy (non-hydrogen) atoms. The number of carbonyl (C=O) groups excluding carboxylic acids is 4. The second-order valence-electron chi connectivity index (χ2n) is 9.89. The van der Waals surface area contributed by atoms with Crippen LogP contribution in [-0.4, -0.2) is 46.7 Å². The largest absolute Gasteiger partial charge is 0.329 e. The normalized spacial score (nSPS) is 11.9. The van der Waals surface area contributed by atoms with Crippen molar-refractivity contribution in [2.24, 2.45) is 23.4 Å². The number of nitrogens with one attached hydrogen (secondary N) is 4. The van der Waals surface area contributed by atoms with Gasteiger partial charge in [0.25, 0.3) is 0 Å². The third-order valence-electron chi connectivity index (χ3n) is 7.29. The van der Waals surface area contributed by atoms with E-state index >= 15 is 0 Å². The molecule has 0 aliphatic rings. The van der Waals surface area contributed by atoms with E-state index in [9.17, 15) is 19.2 Å². The minimum Gasteiger partial charge on any atom is -0.329 e. The molecule has 0 amide bonds. The standard InChI is InChI=1S/C32H34N8O5/c33-37-29(38-34)31(25(41)21-13-5-1-6-14-21,26(42)22-15-7-2-8-16-22)45-32(30(39-35)40-36,27(43)23-17-9-3-10-18-23)28(44)24-19-11-4-12-20-24/h1-20,29-30,37-40H,33-36H2. The summed E-state index contributed by atoms with van der Waals surface area (Å²) in [6, 6.07) is 30.6. The Balaban J connectivity index is 2.16. The molecule has 0 radical (unpaired) electrons. The van der Waals surface area contributed by atoms with Gasteiger partial charge in [-0.1, -0.05) is 121 Å². The summed E-state index contributed by atoms with van der Waals surface area (Å²) in [6.07, 6.45) is -3.47. The molecule has 0 saturated carbocycles. The van der Waals surface area contributed by atoms with Crippen LogP contribution in [0.5, 0.6) is 0 Å². The Hall–Kier alpha value is -4.80. The molecular weight excluding hydrogens is 576 g/mol. The molecule has 4 aromatic carbocycles. The third kappa shape index (κ3) is 6.25. The van der Waals surface area contributed by atoms with Gasteiger partial charge in [-0.05, 0) is 0 Å². The number of hydrogen-bond donors (Lipinski definition) is 8. The van der Waals surface area contributed by atoms with E-state index in [4.69, 9.17) is 28.1 Å². The Kier molecular flexibility index (Phi) is 10.9. The molecule has 4 rings (SSSR count). The lowest BCUT2D eigenvalue weighted by molar-refractivity contribution is -0.110. The van der Waals surface area contributed by atoms with Gasteiger partial charge in [-0.2, -0.15) is 0 Å². The number of nitrogens with two attached hydrogens (primary N) is 4. The van der Waals surface area contributed by atoms with E-state index < -0.39 is 46.7 Å². The first-order valence-corrected chi connectivity index (χ1v) is 13.8. The van der Waals surface area contributed by atoms with Crippen molar-refractivity contribution in [1.29, 1.82) is 0 Å². The first-order chi connectivity index (χ1) is 21.8. The SMILES string of the molecule is NNC(NN)C(OC(C(=O)c1ccccc1)(C(=O)c1ccccc1)C(NN)NN)(C(=O)c1ccccc1)C(=O)c1ccccc1. The van der Waals surface area contributed by atoms with Crippen LogP contribution in [0, 0.1) is 0 Å². The average Bonchev–Trinajstić information content (AvgIpc) is 3.11. The second-order valence-corrected chi connectivity index (χ2v) is 9.89. The molecule has 4 aromatic rings. The topological polar surface area (TPSA) is 230 Å². The predicted octanol–water partition coefficient (Wildman–Crippen LogP) is 0.518. The molecule has 0 aliphatic carbocycles. The first-order valence-electron chi connectivity index (χ1n) is 13.8. The maximum Gasteiger partial charge on any atom is 0.226 e. The fourth-order valence-electron chi connectivity index (χ4n) is 5.07. The zero-order valence-electron chi connectivity index (χ0n) is 24.1. The molecule has 0 spiro atoms.